The van der Waals surface area contributed by atoms with E-state index in [9.17, 15) is 14.9 Å². The largest absolute Gasteiger partial charge is 0.479 e. The number of carbonyl (C=O) groups is 1. The average molecular weight is 338 g/mol. The molecule has 2 rings (SSSR count). The van der Waals surface area contributed by atoms with Crippen molar-refractivity contribution >= 4 is 17.8 Å². The number of nitriles is 1. The van der Waals surface area contributed by atoms with Gasteiger partial charge in [0.1, 0.15) is 11.8 Å². The maximum Gasteiger partial charge on any atom is 0.273 e. The fraction of sp³-hybridized carbons (Fsp3) is 0.118. The lowest BCUT2D eigenvalue weighted by Crippen LogP contribution is -2.19. The molecule has 0 saturated carbocycles. The van der Waals surface area contributed by atoms with Crippen molar-refractivity contribution in [1.29, 1.82) is 5.26 Å². The first-order chi connectivity index (χ1) is 12.0. The monoisotopic (exact) mass is 338 g/mol. The van der Waals surface area contributed by atoms with Crippen molar-refractivity contribution in [2.75, 3.05) is 6.61 Å². The second-order valence-electron chi connectivity index (χ2n) is 4.92. The summed E-state index contributed by atoms with van der Waals surface area (Å²) in [6.45, 7) is 1.47. The van der Waals surface area contributed by atoms with Gasteiger partial charge in [-0.3, -0.25) is 14.9 Å². The molecule has 0 radical (unpaired) electrons. The molecule has 0 bridgehead atoms. The van der Waals surface area contributed by atoms with Crippen LogP contribution in [-0.4, -0.2) is 23.7 Å². The second kappa shape index (κ2) is 8.21. The predicted octanol–water partition coefficient (Wildman–Crippen LogP) is 2.57. The summed E-state index contributed by atoms with van der Waals surface area (Å²) in [7, 11) is 0. The first-order valence-corrected chi connectivity index (χ1v) is 7.20. The van der Waals surface area contributed by atoms with Gasteiger partial charge < -0.3 is 4.74 Å². The normalized spacial score (nSPS) is 10.2. The average Bonchev–Trinajstić information content (AvgIpc) is 2.60. The van der Waals surface area contributed by atoms with Crippen LogP contribution in [0.5, 0.6) is 5.75 Å². The lowest BCUT2D eigenvalue weighted by molar-refractivity contribution is -0.385. The van der Waals surface area contributed by atoms with Crippen molar-refractivity contribution < 1.29 is 14.5 Å². The van der Waals surface area contributed by atoms with Crippen molar-refractivity contribution in [3.05, 3.63) is 69.3 Å². The summed E-state index contributed by atoms with van der Waals surface area (Å²) in [6, 6.07) is 12.9. The van der Waals surface area contributed by atoms with E-state index in [1.54, 1.807) is 24.3 Å². The Hall–Kier alpha value is -3.73. The molecule has 0 unspecified atom stereocenters. The van der Waals surface area contributed by atoms with Crippen LogP contribution < -0.4 is 10.2 Å². The summed E-state index contributed by atoms with van der Waals surface area (Å²) < 4.78 is 5.12. The van der Waals surface area contributed by atoms with Gasteiger partial charge >= 0.3 is 0 Å². The zero-order valence-corrected chi connectivity index (χ0v) is 13.3. The van der Waals surface area contributed by atoms with Gasteiger partial charge in [-0.1, -0.05) is 6.07 Å². The molecule has 0 fully saturated rings. The minimum Gasteiger partial charge on any atom is -0.479 e. The molecule has 8 nitrogen and oxygen atoms in total. The molecule has 8 heteroatoms. The number of nitrogens with one attached hydrogen (secondary N) is 1. The second-order valence-corrected chi connectivity index (χ2v) is 4.92. The Morgan fingerprint density at radius 1 is 1.36 bits per heavy atom. The first-order valence-electron chi connectivity index (χ1n) is 7.20. The summed E-state index contributed by atoms with van der Waals surface area (Å²) >= 11 is 0. The summed E-state index contributed by atoms with van der Waals surface area (Å²) in [5.41, 5.74) is 3.39. The summed E-state index contributed by atoms with van der Waals surface area (Å²) in [6.07, 6.45) is 1.43. The summed E-state index contributed by atoms with van der Waals surface area (Å²) in [5.74, 6) is 0.0152. The summed E-state index contributed by atoms with van der Waals surface area (Å²) in [5, 5.41) is 23.2. The highest BCUT2D eigenvalue weighted by Crippen LogP contribution is 2.20. The Kier molecular flexibility index (Phi) is 5.79. The molecule has 0 atom stereocenters. The van der Waals surface area contributed by atoms with Crippen LogP contribution in [0.25, 0.3) is 0 Å². The Balaban J connectivity index is 2.02. The Morgan fingerprint density at radius 3 is 2.72 bits per heavy atom. The number of benzene rings is 2. The number of hydrogen-bond donors (Lipinski definition) is 1. The Morgan fingerprint density at radius 2 is 2.08 bits per heavy atom. The molecule has 126 valence electrons. The summed E-state index contributed by atoms with van der Waals surface area (Å²) in [4.78, 5) is 22.5. The number of rotatable bonds is 6. The lowest BCUT2D eigenvalue weighted by Gasteiger charge is -2.04. The molecule has 1 amide bonds. The molecule has 2 aromatic rings. The zero-order chi connectivity index (χ0) is 18.2. The van der Waals surface area contributed by atoms with E-state index in [2.05, 4.69) is 10.5 Å². The van der Waals surface area contributed by atoms with Crippen LogP contribution in [0.1, 0.15) is 21.5 Å². The van der Waals surface area contributed by atoms with Gasteiger partial charge in [0.05, 0.1) is 16.7 Å². The number of nitro groups is 1. The highest BCUT2D eigenvalue weighted by atomic mass is 16.6. The molecule has 0 aliphatic heterocycles. The van der Waals surface area contributed by atoms with Crippen LogP contribution in [0.2, 0.25) is 0 Å². The van der Waals surface area contributed by atoms with E-state index in [0.717, 1.165) is 0 Å². The highest BCUT2D eigenvalue weighted by molar-refractivity contribution is 5.97. The molecule has 0 saturated heterocycles. The minimum atomic E-state index is -0.536. The van der Waals surface area contributed by atoms with Crippen LogP contribution >= 0.6 is 0 Å². The van der Waals surface area contributed by atoms with E-state index in [4.69, 9.17) is 10.00 Å². The molecule has 0 aromatic heterocycles. The molecular formula is C17H14N4O4. The number of carbonyl (C=O) groups excluding carboxylic acids is 1. The van der Waals surface area contributed by atoms with E-state index in [1.807, 2.05) is 6.07 Å². The third-order valence-corrected chi connectivity index (χ3v) is 3.31. The van der Waals surface area contributed by atoms with Crippen LogP contribution in [0, 0.1) is 28.4 Å². The van der Waals surface area contributed by atoms with E-state index >= 15 is 0 Å². The van der Waals surface area contributed by atoms with Gasteiger partial charge in [-0.2, -0.15) is 10.4 Å². The smallest absolute Gasteiger partial charge is 0.273 e. The molecule has 25 heavy (non-hydrogen) atoms. The van der Waals surface area contributed by atoms with Gasteiger partial charge in [0, 0.05) is 11.6 Å². The van der Waals surface area contributed by atoms with Crippen molar-refractivity contribution in [2.45, 2.75) is 6.92 Å². The SMILES string of the molecule is Cc1c(C(=O)N/N=C\c2ccc(OCC#N)cc2)cccc1[N+](=O)[O-]. The first kappa shape index (κ1) is 17.6. The minimum absolute atomic E-state index is 0.0357. The molecular weight excluding hydrogens is 324 g/mol. The van der Waals surface area contributed by atoms with E-state index < -0.39 is 10.8 Å². The predicted molar refractivity (Wildman–Crippen MR) is 90.4 cm³/mol. The number of amides is 1. The van der Waals surface area contributed by atoms with Gasteiger partial charge in [-0.15, -0.1) is 0 Å². The molecule has 0 heterocycles. The lowest BCUT2D eigenvalue weighted by atomic mass is 10.1. The standard InChI is InChI=1S/C17H14N4O4/c1-12-15(3-2-4-16(12)21(23)24)17(22)20-19-11-13-5-7-14(8-6-13)25-10-9-18/h2-8,11H,10H2,1H3,(H,20,22)/b19-11-. The van der Waals surface area contributed by atoms with Gasteiger partial charge in [-0.05, 0) is 42.8 Å². The number of hydrazone groups is 1. The van der Waals surface area contributed by atoms with E-state index in [1.165, 1.54) is 31.3 Å². The van der Waals surface area contributed by atoms with Crippen molar-refractivity contribution in [2.24, 2.45) is 5.10 Å². The molecule has 1 N–H and O–H groups in total. The fourth-order valence-corrected chi connectivity index (χ4v) is 2.06. The fourth-order valence-electron chi connectivity index (χ4n) is 2.06. The Bertz CT molecular complexity index is 854. The van der Waals surface area contributed by atoms with Crippen LogP contribution in [0.4, 0.5) is 5.69 Å². The van der Waals surface area contributed by atoms with Crippen molar-refractivity contribution in [1.82, 2.24) is 5.43 Å². The van der Waals surface area contributed by atoms with Gasteiger partial charge in [-0.25, -0.2) is 5.43 Å². The van der Waals surface area contributed by atoms with Crippen molar-refractivity contribution in [3.8, 4) is 11.8 Å². The number of nitrogens with zero attached hydrogens (tertiary/aromatic N) is 3. The van der Waals surface area contributed by atoms with E-state index in [-0.39, 0.29) is 23.4 Å². The molecule has 0 spiro atoms. The van der Waals surface area contributed by atoms with Gasteiger partial charge in [0.25, 0.3) is 11.6 Å². The molecule has 2 aromatic carbocycles. The quantitative estimate of drug-likeness (QED) is 0.493. The van der Waals surface area contributed by atoms with Gasteiger partial charge in [0.15, 0.2) is 6.61 Å². The maximum atomic E-state index is 12.1. The van der Waals surface area contributed by atoms with Gasteiger partial charge in [0.2, 0.25) is 0 Å². The Labute approximate surface area is 143 Å². The third-order valence-electron chi connectivity index (χ3n) is 3.31. The van der Waals surface area contributed by atoms with Crippen LogP contribution in [-0.2, 0) is 0 Å². The highest BCUT2D eigenvalue weighted by Gasteiger charge is 2.17. The van der Waals surface area contributed by atoms with Crippen LogP contribution in [0.15, 0.2) is 47.6 Å². The third kappa shape index (κ3) is 4.62. The van der Waals surface area contributed by atoms with Crippen molar-refractivity contribution in [3.63, 3.8) is 0 Å². The van der Waals surface area contributed by atoms with E-state index in [0.29, 0.717) is 11.3 Å². The maximum absolute atomic E-state index is 12.1. The number of hydrogen-bond acceptors (Lipinski definition) is 6. The topological polar surface area (TPSA) is 118 Å². The number of ether oxygens (including phenoxy) is 1. The number of nitro benzene ring substituents is 1. The van der Waals surface area contributed by atoms with Crippen LogP contribution in [0.3, 0.4) is 0 Å². The zero-order valence-electron chi connectivity index (χ0n) is 13.3. The molecule has 0 aliphatic carbocycles. The molecule has 0 aliphatic rings.